The number of rotatable bonds is 4. The highest BCUT2D eigenvalue weighted by atomic mass is 79.9. The average molecular weight is 344 g/mol. The van der Waals surface area contributed by atoms with Crippen LogP contribution in [0.5, 0.6) is 0 Å². The molecule has 2 N–H and O–H groups in total. The van der Waals surface area contributed by atoms with Crippen LogP contribution in [-0.2, 0) is 19.9 Å². The molecule has 0 saturated carbocycles. The molecule has 0 spiro atoms. The molecule has 1 aromatic heterocycles. The van der Waals surface area contributed by atoms with Crippen LogP contribution in [0.1, 0.15) is 11.3 Å². The Balaban J connectivity index is 1.79. The van der Waals surface area contributed by atoms with Crippen LogP contribution >= 0.6 is 15.9 Å². The summed E-state index contributed by atoms with van der Waals surface area (Å²) in [5, 5.41) is 5.82. The van der Waals surface area contributed by atoms with Crippen molar-refractivity contribution in [3.8, 4) is 0 Å². The number of nitrogens with two attached hydrogens (primary N) is 1. The fourth-order valence-corrected chi connectivity index (χ4v) is 3.17. The van der Waals surface area contributed by atoms with E-state index in [2.05, 4.69) is 45.3 Å². The van der Waals surface area contributed by atoms with Gasteiger partial charge in [-0.05, 0) is 30.2 Å². The van der Waals surface area contributed by atoms with Crippen molar-refractivity contribution in [2.75, 3.05) is 0 Å². The second kappa shape index (κ2) is 6.00. The number of nitrogens with zero attached hydrogens (tertiary/aromatic N) is 2. The molecular formula is C17H18BrN3. The maximum atomic E-state index is 6.32. The second-order valence-corrected chi connectivity index (χ2v) is 6.30. The predicted octanol–water partition coefficient (Wildman–Crippen LogP) is 3.45. The van der Waals surface area contributed by atoms with Crippen LogP contribution in [0.4, 0.5) is 0 Å². The van der Waals surface area contributed by atoms with Gasteiger partial charge >= 0.3 is 0 Å². The van der Waals surface area contributed by atoms with E-state index in [4.69, 9.17) is 5.73 Å². The lowest BCUT2D eigenvalue weighted by atomic mass is 10.0. The monoisotopic (exact) mass is 343 g/mol. The molecule has 0 saturated heterocycles. The summed E-state index contributed by atoms with van der Waals surface area (Å²) in [5.74, 6) is 0. The maximum Gasteiger partial charge on any atom is 0.0718 e. The molecule has 1 heterocycles. The largest absolute Gasteiger partial charge is 0.327 e. The first-order valence-corrected chi connectivity index (χ1v) is 7.83. The van der Waals surface area contributed by atoms with Crippen molar-refractivity contribution in [2.24, 2.45) is 12.8 Å². The van der Waals surface area contributed by atoms with Crippen molar-refractivity contribution in [2.45, 2.75) is 18.9 Å². The molecule has 0 radical (unpaired) electrons. The van der Waals surface area contributed by atoms with Crippen molar-refractivity contribution in [3.63, 3.8) is 0 Å². The van der Waals surface area contributed by atoms with Crippen molar-refractivity contribution in [1.82, 2.24) is 9.78 Å². The zero-order valence-corrected chi connectivity index (χ0v) is 13.5. The van der Waals surface area contributed by atoms with Gasteiger partial charge in [-0.15, -0.1) is 0 Å². The van der Waals surface area contributed by atoms with Crippen molar-refractivity contribution in [1.29, 1.82) is 0 Å². The van der Waals surface area contributed by atoms with E-state index in [1.165, 1.54) is 10.9 Å². The van der Waals surface area contributed by atoms with Crippen LogP contribution in [0, 0.1) is 0 Å². The molecule has 108 valence electrons. The van der Waals surface area contributed by atoms with Crippen LogP contribution in [0.2, 0.25) is 0 Å². The number of para-hydroxylation sites is 1. The number of hydrogen-bond donors (Lipinski definition) is 1. The van der Waals surface area contributed by atoms with Gasteiger partial charge in [0, 0.05) is 29.4 Å². The van der Waals surface area contributed by atoms with Gasteiger partial charge in [-0.3, -0.25) is 4.68 Å². The Morgan fingerprint density at radius 3 is 2.76 bits per heavy atom. The first-order chi connectivity index (χ1) is 10.1. The summed E-state index contributed by atoms with van der Waals surface area (Å²) in [6.07, 6.45) is 1.64. The fourth-order valence-electron chi connectivity index (χ4n) is 2.73. The Morgan fingerprint density at radius 1 is 1.14 bits per heavy atom. The summed E-state index contributed by atoms with van der Waals surface area (Å²) in [7, 11) is 1.98. The standard InChI is InChI=1S/C17H18BrN3/c1-21-17-8-3-2-7-15(17)16(20-21)11-14(19)10-12-5-4-6-13(18)9-12/h2-9,14H,10-11,19H2,1H3. The molecule has 1 atom stereocenters. The molecule has 0 aliphatic carbocycles. The minimum Gasteiger partial charge on any atom is -0.327 e. The Labute approximate surface area is 132 Å². The van der Waals surface area contributed by atoms with Gasteiger partial charge in [0.25, 0.3) is 0 Å². The third kappa shape index (κ3) is 3.17. The van der Waals surface area contributed by atoms with E-state index in [0.29, 0.717) is 0 Å². The molecular weight excluding hydrogens is 326 g/mol. The molecule has 3 nitrogen and oxygen atoms in total. The van der Waals surface area contributed by atoms with Gasteiger partial charge in [-0.25, -0.2) is 0 Å². The van der Waals surface area contributed by atoms with Crippen molar-refractivity contribution < 1.29 is 0 Å². The van der Waals surface area contributed by atoms with Crippen LogP contribution < -0.4 is 5.73 Å². The number of aromatic nitrogens is 2. The van der Waals surface area contributed by atoms with E-state index in [9.17, 15) is 0 Å². The molecule has 2 aromatic carbocycles. The molecule has 0 fully saturated rings. The van der Waals surface area contributed by atoms with Crippen LogP contribution in [0.25, 0.3) is 10.9 Å². The van der Waals surface area contributed by atoms with Crippen molar-refractivity contribution >= 4 is 26.8 Å². The Bertz CT molecular complexity index is 764. The second-order valence-electron chi connectivity index (χ2n) is 5.39. The van der Waals surface area contributed by atoms with Gasteiger partial charge in [0.2, 0.25) is 0 Å². The smallest absolute Gasteiger partial charge is 0.0718 e. The molecule has 4 heteroatoms. The van der Waals surface area contributed by atoms with Gasteiger partial charge in [0.05, 0.1) is 11.2 Å². The first-order valence-electron chi connectivity index (χ1n) is 7.04. The van der Waals surface area contributed by atoms with E-state index < -0.39 is 0 Å². The van der Waals surface area contributed by atoms with E-state index in [0.717, 1.165) is 28.5 Å². The Kier molecular flexibility index (Phi) is 4.08. The molecule has 0 bridgehead atoms. The average Bonchev–Trinajstić information content (AvgIpc) is 2.76. The van der Waals surface area contributed by atoms with Gasteiger partial charge < -0.3 is 5.73 Å². The summed E-state index contributed by atoms with van der Waals surface area (Å²) in [6, 6.07) is 16.7. The summed E-state index contributed by atoms with van der Waals surface area (Å²) in [5.41, 5.74) is 9.80. The number of benzene rings is 2. The SMILES string of the molecule is Cn1nc(CC(N)Cc2cccc(Br)c2)c2ccccc21. The summed E-state index contributed by atoms with van der Waals surface area (Å²) in [6.45, 7) is 0. The van der Waals surface area contributed by atoms with Crippen molar-refractivity contribution in [3.05, 3.63) is 64.3 Å². The highest BCUT2D eigenvalue weighted by Gasteiger charge is 2.12. The molecule has 3 aromatic rings. The minimum absolute atomic E-state index is 0.0672. The topological polar surface area (TPSA) is 43.8 Å². The van der Waals surface area contributed by atoms with E-state index in [1.54, 1.807) is 0 Å². The predicted molar refractivity (Wildman–Crippen MR) is 90.2 cm³/mol. The van der Waals surface area contributed by atoms with Crippen LogP contribution in [0.3, 0.4) is 0 Å². The molecule has 1 unspecified atom stereocenters. The van der Waals surface area contributed by atoms with Crippen LogP contribution in [-0.4, -0.2) is 15.8 Å². The minimum atomic E-state index is 0.0672. The fraction of sp³-hybridized carbons (Fsp3) is 0.235. The van der Waals surface area contributed by atoms with E-state index in [-0.39, 0.29) is 6.04 Å². The lowest BCUT2D eigenvalue weighted by molar-refractivity contribution is 0.642. The highest BCUT2D eigenvalue weighted by molar-refractivity contribution is 9.10. The third-order valence-corrected chi connectivity index (χ3v) is 4.17. The quantitative estimate of drug-likeness (QED) is 0.788. The number of halogens is 1. The zero-order valence-electron chi connectivity index (χ0n) is 12.0. The summed E-state index contributed by atoms with van der Waals surface area (Å²) in [4.78, 5) is 0. The molecule has 0 aliphatic rings. The zero-order chi connectivity index (χ0) is 14.8. The van der Waals surface area contributed by atoms with Crippen LogP contribution in [0.15, 0.2) is 53.0 Å². The number of hydrogen-bond acceptors (Lipinski definition) is 2. The number of fused-ring (bicyclic) bond motifs is 1. The Morgan fingerprint density at radius 2 is 1.95 bits per heavy atom. The third-order valence-electron chi connectivity index (χ3n) is 3.68. The normalized spacial score (nSPS) is 12.7. The van der Waals surface area contributed by atoms with Gasteiger partial charge in [0.15, 0.2) is 0 Å². The lowest BCUT2D eigenvalue weighted by Crippen LogP contribution is -2.25. The van der Waals surface area contributed by atoms with Gasteiger partial charge in [0.1, 0.15) is 0 Å². The van der Waals surface area contributed by atoms with E-state index in [1.807, 2.05) is 36.0 Å². The number of aryl methyl sites for hydroxylation is 1. The van der Waals surface area contributed by atoms with Gasteiger partial charge in [-0.2, -0.15) is 5.10 Å². The molecule has 0 amide bonds. The molecule has 3 rings (SSSR count). The summed E-state index contributed by atoms with van der Waals surface area (Å²) >= 11 is 3.50. The summed E-state index contributed by atoms with van der Waals surface area (Å²) < 4.78 is 3.02. The maximum absolute atomic E-state index is 6.32. The molecule has 0 aliphatic heterocycles. The lowest BCUT2D eigenvalue weighted by Gasteiger charge is -2.10. The molecule has 21 heavy (non-hydrogen) atoms. The van der Waals surface area contributed by atoms with Gasteiger partial charge in [-0.1, -0.05) is 46.3 Å². The Hall–Kier alpha value is -1.65. The van der Waals surface area contributed by atoms with E-state index >= 15 is 0 Å². The highest BCUT2D eigenvalue weighted by Crippen LogP contribution is 2.19. The first kappa shape index (κ1) is 14.3.